The first-order valence-corrected chi connectivity index (χ1v) is 8.50. The van der Waals surface area contributed by atoms with Crippen LogP contribution in [-0.2, 0) is 4.74 Å². The van der Waals surface area contributed by atoms with Crippen LogP contribution in [-0.4, -0.2) is 39.1 Å². The molecule has 0 bridgehead atoms. The van der Waals surface area contributed by atoms with Gasteiger partial charge in [0.25, 0.3) is 5.69 Å². The van der Waals surface area contributed by atoms with Crippen molar-refractivity contribution in [3.63, 3.8) is 0 Å². The van der Waals surface area contributed by atoms with Crippen molar-refractivity contribution in [3.05, 3.63) is 56.9 Å². The number of rotatable bonds is 4. The van der Waals surface area contributed by atoms with Gasteiger partial charge >= 0.3 is 5.97 Å². The van der Waals surface area contributed by atoms with Crippen LogP contribution in [0.2, 0.25) is 5.02 Å². The van der Waals surface area contributed by atoms with Gasteiger partial charge in [-0.1, -0.05) is 28.9 Å². The first-order valence-electron chi connectivity index (χ1n) is 8.12. The molecular formula is C17H13ClN4O5. The van der Waals surface area contributed by atoms with Gasteiger partial charge in [0, 0.05) is 11.5 Å². The van der Waals surface area contributed by atoms with E-state index in [1.165, 1.54) is 16.9 Å². The highest BCUT2D eigenvalue weighted by molar-refractivity contribution is 6.34. The maximum absolute atomic E-state index is 11.8. The Balaban J connectivity index is 1.86. The molecule has 0 saturated carbocycles. The quantitative estimate of drug-likeness (QED) is 0.383. The fourth-order valence-electron chi connectivity index (χ4n) is 3.19. The molecule has 2 aromatic carbocycles. The average molecular weight is 389 g/mol. The van der Waals surface area contributed by atoms with Crippen LogP contribution in [0.5, 0.6) is 5.75 Å². The molecule has 10 heteroatoms. The summed E-state index contributed by atoms with van der Waals surface area (Å²) >= 11 is 6.21. The molecule has 0 saturated heterocycles. The molecule has 0 aliphatic carbocycles. The molecular weight excluding hydrogens is 376 g/mol. The number of carbonyl (C=O) groups is 1. The van der Waals surface area contributed by atoms with E-state index in [1.54, 1.807) is 19.1 Å². The third kappa shape index (κ3) is 2.76. The van der Waals surface area contributed by atoms with Crippen molar-refractivity contribution in [1.29, 1.82) is 0 Å². The van der Waals surface area contributed by atoms with Crippen LogP contribution >= 0.6 is 11.6 Å². The smallest absolute Gasteiger partial charge is 0.360 e. The fourth-order valence-corrected chi connectivity index (χ4v) is 3.44. The molecule has 2 heterocycles. The number of aromatic nitrogens is 3. The Morgan fingerprint density at radius 3 is 3.07 bits per heavy atom. The summed E-state index contributed by atoms with van der Waals surface area (Å²) in [5, 5.41) is 20.4. The molecule has 4 rings (SSSR count). The lowest BCUT2D eigenvalue weighted by molar-refractivity contribution is -0.383. The zero-order valence-electron chi connectivity index (χ0n) is 14.1. The molecule has 1 aliphatic rings. The van der Waals surface area contributed by atoms with E-state index in [2.05, 4.69) is 10.3 Å². The SMILES string of the molecule is CCOC(=O)c1cn(C2COc3c(Cl)cc([N+](=O)[O-])c4cccc2c34)nn1. The van der Waals surface area contributed by atoms with Crippen LogP contribution in [0.3, 0.4) is 0 Å². The summed E-state index contributed by atoms with van der Waals surface area (Å²) in [5.74, 6) is -0.174. The topological polar surface area (TPSA) is 109 Å². The second-order valence-corrected chi connectivity index (χ2v) is 6.27. The summed E-state index contributed by atoms with van der Waals surface area (Å²) in [6.45, 7) is 2.12. The Labute approximate surface area is 157 Å². The van der Waals surface area contributed by atoms with Crippen LogP contribution < -0.4 is 4.74 Å². The summed E-state index contributed by atoms with van der Waals surface area (Å²) in [5.41, 5.74) is 0.724. The largest absolute Gasteiger partial charge is 0.489 e. The average Bonchev–Trinajstić information content (AvgIpc) is 3.14. The number of nitro groups is 1. The van der Waals surface area contributed by atoms with Crippen molar-refractivity contribution in [2.45, 2.75) is 13.0 Å². The molecule has 138 valence electrons. The van der Waals surface area contributed by atoms with Gasteiger partial charge in [-0.05, 0) is 18.6 Å². The molecule has 0 spiro atoms. The molecule has 0 fully saturated rings. The van der Waals surface area contributed by atoms with Crippen molar-refractivity contribution in [1.82, 2.24) is 15.0 Å². The molecule has 1 aromatic heterocycles. The van der Waals surface area contributed by atoms with Crippen molar-refractivity contribution < 1.29 is 19.2 Å². The minimum absolute atomic E-state index is 0.0758. The lowest BCUT2D eigenvalue weighted by Gasteiger charge is -2.26. The predicted octanol–water partition coefficient (Wildman–Crippen LogP) is 3.15. The fraction of sp³-hybridized carbons (Fsp3) is 0.235. The Morgan fingerprint density at radius 1 is 1.52 bits per heavy atom. The summed E-state index contributed by atoms with van der Waals surface area (Å²) in [6.07, 6.45) is 1.47. The molecule has 9 nitrogen and oxygen atoms in total. The number of carbonyl (C=O) groups excluding carboxylic acids is 1. The minimum atomic E-state index is -0.572. The predicted molar refractivity (Wildman–Crippen MR) is 95.2 cm³/mol. The van der Waals surface area contributed by atoms with Crippen molar-refractivity contribution in [3.8, 4) is 5.75 Å². The molecule has 1 unspecified atom stereocenters. The number of benzene rings is 2. The monoisotopic (exact) mass is 388 g/mol. The van der Waals surface area contributed by atoms with Crippen LogP contribution in [0.4, 0.5) is 5.69 Å². The first-order chi connectivity index (χ1) is 13.0. The molecule has 3 aromatic rings. The lowest BCUT2D eigenvalue weighted by Crippen LogP contribution is -2.23. The summed E-state index contributed by atoms with van der Waals surface area (Å²) in [4.78, 5) is 22.8. The second kappa shape index (κ2) is 6.51. The standard InChI is InChI=1S/C17H13ClN4O5/c1-2-26-17(23)12-7-21(20-19-12)14-8-27-16-11(18)6-13(22(24)25)9-4-3-5-10(14)15(9)16/h3-7,14H,2,8H2,1H3. The van der Waals surface area contributed by atoms with Gasteiger partial charge < -0.3 is 9.47 Å². The zero-order chi connectivity index (χ0) is 19.1. The minimum Gasteiger partial charge on any atom is -0.489 e. The van der Waals surface area contributed by atoms with Crippen LogP contribution in [0, 0.1) is 10.1 Å². The van der Waals surface area contributed by atoms with E-state index in [4.69, 9.17) is 21.1 Å². The summed E-state index contributed by atoms with van der Waals surface area (Å²) in [6, 6.07) is 6.06. The first kappa shape index (κ1) is 17.2. The van der Waals surface area contributed by atoms with Crippen molar-refractivity contribution in [2.75, 3.05) is 13.2 Å². The van der Waals surface area contributed by atoms with Crippen molar-refractivity contribution in [2.24, 2.45) is 0 Å². The number of non-ortho nitro benzene ring substituents is 1. The van der Waals surface area contributed by atoms with E-state index >= 15 is 0 Å². The van der Waals surface area contributed by atoms with Gasteiger partial charge in [-0.25, -0.2) is 9.48 Å². The van der Waals surface area contributed by atoms with Crippen LogP contribution in [0.15, 0.2) is 30.5 Å². The second-order valence-electron chi connectivity index (χ2n) is 5.86. The number of esters is 1. The highest BCUT2D eigenvalue weighted by Gasteiger charge is 2.30. The van der Waals surface area contributed by atoms with Gasteiger partial charge in [0.1, 0.15) is 18.4 Å². The van der Waals surface area contributed by atoms with E-state index in [0.29, 0.717) is 16.5 Å². The zero-order valence-corrected chi connectivity index (χ0v) is 14.8. The van der Waals surface area contributed by atoms with Crippen molar-refractivity contribution >= 4 is 34.0 Å². The number of hydrogen-bond donors (Lipinski definition) is 0. The Morgan fingerprint density at radius 2 is 2.33 bits per heavy atom. The maximum atomic E-state index is 11.8. The normalized spacial score (nSPS) is 15.4. The Hall–Kier alpha value is -3.20. The summed E-state index contributed by atoms with van der Waals surface area (Å²) in [7, 11) is 0. The van der Waals surface area contributed by atoms with Gasteiger partial charge in [0.05, 0.1) is 28.1 Å². The van der Waals surface area contributed by atoms with Crippen LogP contribution in [0.25, 0.3) is 10.8 Å². The molecule has 27 heavy (non-hydrogen) atoms. The number of nitrogens with zero attached hydrogens (tertiary/aromatic N) is 4. The van der Waals surface area contributed by atoms with Gasteiger partial charge in [-0.3, -0.25) is 10.1 Å². The van der Waals surface area contributed by atoms with Gasteiger partial charge in [0.2, 0.25) is 0 Å². The number of halogens is 1. The maximum Gasteiger partial charge on any atom is 0.360 e. The number of ether oxygens (including phenoxy) is 2. The highest BCUT2D eigenvalue weighted by atomic mass is 35.5. The third-order valence-electron chi connectivity index (χ3n) is 4.34. The lowest BCUT2D eigenvalue weighted by atomic mass is 9.95. The highest BCUT2D eigenvalue weighted by Crippen LogP contribution is 2.45. The van der Waals surface area contributed by atoms with E-state index < -0.39 is 16.9 Å². The Bertz CT molecular complexity index is 1080. The van der Waals surface area contributed by atoms with E-state index in [0.717, 1.165) is 5.56 Å². The van der Waals surface area contributed by atoms with E-state index in [1.807, 2.05) is 6.07 Å². The summed E-state index contributed by atoms with van der Waals surface area (Å²) < 4.78 is 12.2. The van der Waals surface area contributed by atoms with Gasteiger partial charge in [-0.2, -0.15) is 0 Å². The van der Waals surface area contributed by atoms with E-state index in [9.17, 15) is 14.9 Å². The molecule has 1 atom stereocenters. The molecule has 0 amide bonds. The van der Waals surface area contributed by atoms with Gasteiger partial charge in [-0.15, -0.1) is 5.10 Å². The molecule has 1 aliphatic heterocycles. The third-order valence-corrected chi connectivity index (χ3v) is 4.62. The van der Waals surface area contributed by atoms with Crippen LogP contribution in [0.1, 0.15) is 29.0 Å². The Kier molecular flexibility index (Phi) is 4.15. The number of nitro benzene ring substituents is 1. The van der Waals surface area contributed by atoms with E-state index in [-0.39, 0.29) is 29.6 Å². The molecule has 0 N–H and O–H groups in total. The molecule has 0 radical (unpaired) electrons. The number of hydrogen-bond acceptors (Lipinski definition) is 7. The van der Waals surface area contributed by atoms with Gasteiger partial charge in [0.15, 0.2) is 5.69 Å².